The van der Waals surface area contributed by atoms with Crippen molar-refractivity contribution in [2.75, 3.05) is 27.2 Å². The largest absolute Gasteiger partial charge is 0.381 e. The second-order valence-electron chi connectivity index (χ2n) is 9.67. The summed E-state index contributed by atoms with van der Waals surface area (Å²) in [6.07, 6.45) is 6.21. The molecule has 1 aliphatic carbocycles. The molecule has 2 aromatic carbocycles. The maximum Gasteiger partial charge on any atom is 0.228 e. The fraction of sp³-hybridized carbons (Fsp3) is 0.500. The third kappa shape index (κ3) is 5.30. The first-order chi connectivity index (χ1) is 16.0. The number of benzene rings is 2. The molecule has 1 saturated carbocycles. The summed E-state index contributed by atoms with van der Waals surface area (Å²) >= 11 is 0. The Morgan fingerprint density at radius 3 is 2.30 bits per heavy atom. The topological polar surface area (TPSA) is 58.6 Å². The molecule has 1 atom stereocenters. The van der Waals surface area contributed by atoms with Gasteiger partial charge in [0, 0.05) is 33.2 Å². The summed E-state index contributed by atoms with van der Waals surface area (Å²) in [6, 6.07) is 18.8. The molecule has 5 heteroatoms. The predicted molar refractivity (Wildman–Crippen MR) is 131 cm³/mol. The normalized spacial score (nSPS) is 25.5. The molecule has 33 heavy (non-hydrogen) atoms. The van der Waals surface area contributed by atoms with Crippen LogP contribution in [0.25, 0.3) is 11.1 Å². The van der Waals surface area contributed by atoms with Crippen LogP contribution in [0.5, 0.6) is 0 Å². The van der Waals surface area contributed by atoms with Gasteiger partial charge < -0.3 is 15.0 Å². The van der Waals surface area contributed by atoms with Gasteiger partial charge in [0.2, 0.25) is 11.8 Å². The Morgan fingerprint density at radius 1 is 1.00 bits per heavy atom. The molecule has 0 aromatic heterocycles. The van der Waals surface area contributed by atoms with Crippen molar-refractivity contribution in [3.63, 3.8) is 0 Å². The zero-order valence-electron chi connectivity index (χ0n) is 19.9. The number of likely N-dealkylation sites (tertiary alicyclic amines) is 1. The van der Waals surface area contributed by atoms with E-state index in [1.54, 1.807) is 14.2 Å². The lowest BCUT2D eigenvalue weighted by atomic mass is 9.73. The molecule has 0 unspecified atom stereocenters. The number of carbonyl (C=O) groups is 2. The average molecular weight is 449 g/mol. The Bertz CT molecular complexity index is 935. The SMILES string of the molecule is CNC(=O)[C@]1(Cc2ccc(-c3ccccc3)cc2)CCCN(C(=O)C2CCC(OC)CC2)C1. The van der Waals surface area contributed by atoms with E-state index in [-0.39, 0.29) is 23.8 Å². The van der Waals surface area contributed by atoms with Crippen LogP contribution in [0.1, 0.15) is 44.1 Å². The van der Waals surface area contributed by atoms with Crippen molar-refractivity contribution in [3.8, 4) is 11.1 Å². The van der Waals surface area contributed by atoms with E-state index in [4.69, 9.17) is 4.74 Å². The minimum Gasteiger partial charge on any atom is -0.381 e. The van der Waals surface area contributed by atoms with Crippen LogP contribution in [-0.2, 0) is 20.7 Å². The first-order valence-corrected chi connectivity index (χ1v) is 12.2. The lowest BCUT2D eigenvalue weighted by Crippen LogP contribution is -2.55. The maximum absolute atomic E-state index is 13.4. The number of amides is 2. The number of nitrogens with zero attached hydrogens (tertiary/aromatic N) is 1. The Labute approximate surface area is 197 Å². The lowest BCUT2D eigenvalue weighted by Gasteiger charge is -2.43. The molecule has 2 fully saturated rings. The van der Waals surface area contributed by atoms with Crippen LogP contribution in [0.15, 0.2) is 54.6 Å². The molecule has 2 aromatic rings. The highest BCUT2D eigenvalue weighted by Crippen LogP contribution is 2.37. The van der Waals surface area contributed by atoms with Crippen molar-refractivity contribution >= 4 is 11.8 Å². The van der Waals surface area contributed by atoms with Crippen LogP contribution in [0.4, 0.5) is 0 Å². The zero-order chi connectivity index (χ0) is 23.3. The van der Waals surface area contributed by atoms with Gasteiger partial charge in [-0.1, -0.05) is 54.6 Å². The summed E-state index contributed by atoms with van der Waals surface area (Å²) in [5, 5.41) is 2.89. The molecular weight excluding hydrogens is 412 g/mol. The molecule has 1 saturated heterocycles. The van der Waals surface area contributed by atoms with E-state index in [1.807, 2.05) is 23.1 Å². The number of piperidine rings is 1. The van der Waals surface area contributed by atoms with Crippen LogP contribution in [-0.4, -0.2) is 50.1 Å². The van der Waals surface area contributed by atoms with E-state index < -0.39 is 5.41 Å². The van der Waals surface area contributed by atoms with Gasteiger partial charge in [-0.15, -0.1) is 0 Å². The summed E-state index contributed by atoms with van der Waals surface area (Å²) in [5.74, 6) is 0.314. The van der Waals surface area contributed by atoms with Gasteiger partial charge in [-0.25, -0.2) is 0 Å². The van der Waals surface area contributed by atoms with Crippen LogP contribution >= 0.6 is 0 Å². The first kappa shape index (κ1) is 23.5. The Kier molecular flexibility index (Phi) is 7.49. The molecule has 1 N–H and O–H groups in total. The summed E-state index contributed by atoms with van der Waals surface area (Å²) in [4.78, 5) is 28.5. The number of hydrogen-bond donors (Lipinski definition) is 1. The van der Waals surface area contributed by atoms with Crippen molar-refractivity contribution in [3.05, 3.63) is 60.2 Å². The molecular formula is C28H36N2O3. The van der Waals surface area contributed by atoms with Crippen LogP contribution < -0.4 is 5.32 Å². The third-order valence-corrected chi connectivity index (χ3v) is 7.56. The summed E-state index contributed by atoms with van der Waals surface area (Å²) in [7, 11) is 3.46. The highest BCUT2D eigenvalue weighted by molar-refractivity contribution is 5.85. The van der Waals surface area contributed by atoms with Gasteiger partial charge in [0.05, 0.1) is 11.5 Å². The fourth-order valence-electron chi connectivity index (χ4n) is 5.64. The van der Waals surface area contributed by atoms with E-state index >= 15 is 0 Å². The van der Waals surface area contributed by atoms with Crippen LogP contribution in [0, 0.1) is 11.3 Å². The van der Waals surface area contributed by atoms with E-state index in [1.165, 1.54) is 11.1 Å². The molecule has 0 radical (unpaired) electrons. The van der Waals surface area contributed by atoms with Gasteiger partial charge in [0.15, 0.2) is 0 Å². The quantitative estimate of drug-likeness (QED) is 0.710. The van der Waals surface area contributed by atoms with Gasteiger partial charge >= 0.3 is 0 Å². The molecule has 0 bridgehead atoms. The van der Waals surface area contributed by atoms with E-state index in [2.05, 4.69) is 41.7 Å². The minimum absolute atomic E-state index is 0.0372. The van der Waals surface area contributed by atoms with E-state index in [9.17, 15) is 9.59 Å². The molecule has 5 nitrogen and oxygen atoms in total. The maximum atomic E-state index is 13.4. The standard InChI is InChI=1S/C28H36N2O3/c1-29-27(32)28(19-21-9-11-23(12-10-21)22-7-4-3-5-8-22)17-6-18-30(20-28)26(31)24-13-15-25(33-2)16-14-24/h3-5,7-12,24-25H,6,13-20H2,1-2H3,(H,29,32)/t24?,25?,28-/m0/s1. The number of methoxy groups -OCH3 is 1. The summed E-state index contributed by atoms with van der Waals surface area (Å²) in [6.45, 7) is 1.24. The zero-order valence-corrected chi connectivity index (χ0v) is 19.9. The number of rotatable bonds is 6. The summed E-state index contributed by atoms with van der Waals surface area (Å²) < 4.78 is 5.47. The Hall–Kier alpha value is -2.66. The number of carbonyl (C=O) groups excluding carboxylic acids is 2. The Balaban J connectivity index is 1.48. The molecule has 1 heterocycles. The van der Waals surface area contributed by atoms with Gasteiger partial charge in [0.1, 0.15) is 0 Å². The highest BCUT2D eigenvalue weighted by atomic mass is 16.5. The van der Waals surface area contributed by atoms with Crippen molar-refractivity contribution in [2.24, 2.45) is 11.3 Å². The highest BCUT2D eigenvalue weighted by Gasteiger charge is 2.44. The van der Waals surface area contributed by atoms with Gasteiger partial charge in [-0.05, 0) is 61.6 Å². The number of nitrogens with one attached hydrogen (secondary N) is 1. The number of hydrogen-bond acceptors (Lipinski definition) is 3. The van der Waals surface area contributed by atoms with Crippen molar-refractivity contribution in [2.45, 2.75) is 51.0 Å². The Morgan fingerprint density at radius 2 is 1.67 bits per heavy atom. The minimum atomic E-state index is -0.583. The van der Waals surface area contributed by atoms with Crippen molar-refractivity contribution in [1.82, 2.24) is 10.2 Å². The van der Waals surface area contributed by atoms with E-state index in [0.29, 0.717) is 13.0 Å². The molecule has 176 valence electrons. The summed E-state index contributed by atoms with van der Waals surface area (Å²) in [5.41, 5.74) is 2.90. The second-order valence-corrected chi connectivity index (χ2v) is 9.67. The van der Waals surface area contributed by atoms with Crippen molar-refractivity contribution in [1.29, 1.82) is 0 Å². The number of ether oxygens (including phenoxy) is 1. The average Bonchev–Trinajstić information content (AvgIpc) is 2.89. The van der Waals surface area contributed by atoms with Gasteiger partial charge in [-0.2, -0.15) is 0 Å². The smallest absolute Gasteiger partial charge is 0.228 e. The molecule has 0 spiro atoms. The molecule has 1 aliphatic heterocycles. The molecule has 4 rings (SSSR count). The van der Waals surface area contributed by atoms with E-state index in [0.717, 1.165) is 50.6 Å². The predicted octanol–water partition coefficient (Wildman–Crippen LogP) is 4.46. The first-order valence-electron chi connectivity index (χ1n) is 12.2. The second kappa shape index (κ2) is 10.5. The van der Waals surface area contributed by atoms with Crippen LogP contribution in [0.2, 0.25) is 0 Å². The third-order valence-electron chi connectivity index (χ3n) is 7.56. The van der Waals surface area contributed by atoms with Gasteiger partial charge in [0.25, 0.3) is 0 Å². The monoisotopic (exact) mass is 448 g/mol. The van der Waals surface area contributed by atoms with Crippen LogP contribution in [0.3, 0.4) is 0 Å². The fourth-order valence-corrected chi connectivity index (χ4v) is 5.64. The van der Waals surface area contributed by atoms with Gasteiger partial charge in [-0.3, -0.25) is 9.59 Å². The lowest BCUT2D eigenvalue weighted by molar-refractivity contribution is -0.145. The molecule has 2 aliphatic rings. The van der Waals surface area contributed by atoms with Crippen molar-refractivity contribution < 1.29 is 14.3 Å². The molecule has 2 amide bonds.